The van der Waals surface area contributed by atoms with Crippen LogP contribution < -0.4 is 5.73 Å². The molecule has 0 aliphatic heterocycles. The standard InChI is InChI=1S/C12H14N2S.ClH/c1-8-4-3-5-10(6-8)12-14-11(7-15-12)9(2)13;/h3-7,9H,13H2,1-2H3;1H. The van der Waals surface area contributed by atoms with Gasteiger partial charge in [0.2, 0.25) is 0 Å². The quantitative estimate of drug-likeness (QED) is 0.890. The molecule has 0 bridgehead atoms. The van der Waals surface area contributed by atoms with E-state index in [-0.39, 0.29) is 18.4 Å². The summed E-state index contributed by atoms with van der Waals surface area (Å²) >= 11 is 1.65. The number of benzene rings is 1. The van der Waals surface area contributed by atoms with Crippen molar-refractivity contribution in [2.75, 3.05) is 0 Å². The van der Waals surface area contributed by atoms with Crippen LogP contribution in [0.4, 0.5) is 0 Å². The highest BCUT2D eigenvalue weighted by Crippen LogP contribution is 2.25. The summed E-state index contributed by atoms with van der Waals surface area (Å²) in [5.41, 5.74) is 9.18. The van der Waals surface area contributed by atoms with Gasteiger partial charge < -0.3 is 5.73 Å². The molecule has 0 saturated carbocycles. The van der Waals surface area contributed by atoms with Crippen molar-refractivity contribution in [1.29, 1.82) is 0 Å². The second kappa shape index (κ2) is 5.43. The molecule has 1 atom stereocenters. The highest BCUT2D eigenvalue weighted by Gasteiger charge is 2.07. The Balaban J connectivity index is 0.00000128. The van der Waals surface area contributed by atoms with Gasteiger partial charge in [-0.3, -0.25) is 0 Å². The predicted octanol–water partition coefficient (Wildman–Crippen LogP) is 3.56. The molecule has 2 nitrogen and oxygen atoms in total. The fourth-order valence-corrected chi connectivity index (χ4v) is 2.33. The Kier molecular flexibility index (Phi) is 4.47. The van der Waals surface area contributed by atoms with Gasteiger partial charge >= 0.3 is 0 Å². The van der Waals surface area contributed by atoms with Crippen LogP contribution in [0.3, 0.4) is 0 Å². The molecule has 1 heterocycles. The Morgan fingerprint density at radius 1 is 1.38 bits per heavy atom. The normalized spacial score (nSPS) is 11.9. The van der Waals surface area contributed by atoms with Gasteiger partial charge in [-0.05, 0) is 19.9 Å². The van der Waals surface area contributed by atoms with E-state index in [1.165, 1.54) is 11.1 Å². The first kappa shape index (κ1) is 13.2. The van der Waals surface area contributed by atoms with Crippen LogP contribution in [0, 0.1) is 6.92 Å². The van der Waals surface area contributed by atoms with Gasteiger partial charge in [0.05, 0.1) is 5.69 Å². The van der Waals surface area contributed by atoms with E-state index in [1.807, 2.05) is 12.3 Å². The van der Waals surface area contributed by atoms with Crippen molar-refractivity contribution < 1.29 is 0 Å². The summed E-state index contributed by atoms with van der Waals surface area (Å²) in [5, 5.41) is 3.08. The molecule has 0 amide bonds. The summed E-state index contributed by atoms with van der Waals surface area (Å²) in [7, 11) is 0. The number of nitrogens with zero attached hydrogens (tertiary/aromatic N) is 1. The van der Waals surface area contributed by atoms with Crippen LogP contribution >= 0.6 is 23.7 Å². The number of hydrogen-bond donors (Lipinski definition) is 1. The minimum atomic E-state index is 0. The average Bonchev–Trinajstić information content (AvgIpc) is 2.66. The monoisotopic (exact) mass is 254 g/mol. The van der Waals surface area contributed by atoms with Gasteiger partial charge in [-0.25, -0.2) is 4.98 Å². The first-order chi connectivity index (χ1) is 7.16. The number of aromatic nitrogens is 1. The highest BCUT2D eigenvalue weighted by atomic mass is 35.5. The van der Waals surface area contributed by atoms with Gasteiger partial charge in [-0.1, -0.05) is 23.8 Å². The Morgan fingerprint density at radius 3 is 2.69 bits per heavy atom. The van der Waals surface area contributed by atoms with Crippen molar-refractivity contribution >= 4 is 23.7 Å². The SMILES string of the molecule is Cc1cccc(-c2nc(C(C)N)cs2)c1.Cl. The third-order valence-electron chi connectivity index (χ3n) is 2.25. The molecule has 2 N–H and O–H groups in total. The Morgan fingerprint density at radius 2 is 2.12 bits per heavy atom. The topological polar surface area (TPSA) is 38.9 Å². The van der Waals surface area contributed by atoms with Gasteiger partial charge in [0.15, 0.2) is 0 Å². The number of thiazole rings is 1. The summed E-state index contributed by atoms with van der Waals surface area (Å²) in [6.07, 6.45) is 0. The Hall–Kier alpha value is -0.900. The predicted molar refractivity (Wildman–Crippen MR) is 72.1 cm³/mol. The van der Waals surface area contributed by atoms with Crippen LogP contribution in [0.5, 0.6) is 0 Å². The van der Waals surface area contributed by atoms with Gasteiger partial charge in [0, 0.05) is 17.0 Å². The van der Waals surface area contributed by atoms with Crippen LogP contribution in [0.1, 0.15) is 24.2 Å². The van der Waals surface area contributed by atoms with Gasteiger partial charge in [0.1, 0.15) is 5.01 Å². The molecule has 16 heavy (non-hydrogen) atoms. The van der Waals surface area contributed by atoms with E-state index in [0.717, 1.165) is 10.7 Å². The second-order valence-electron chi connectivity index (χ2n) is 3.74. The largest absolute Gasteiger partial charge is 0.323 e. The van der Waals surface area contributed by atoms with E-state index >= 15 is 0 Å². The van der Waals surface area contributed by atoms with Crippen LogP contribution in [-0.2, 0) is 0 Å². The molecule has 2 aromatic rings. The summed E-state index contributed by atoms with van der Waals surface area (Å²) in [6.45, 7) is 4.04. The second-order valence-corrected chi connectivity index (χ2v) is 4.59. The molecule has 1 unspecified atom stereocenters. The number of hydrogen-bond acceptors (Lipinski definition) is 3. The van der Waals surface area contributed by atoms with E-state index < -0.39 is 0 Å². The zero-order valence-corrected chi connectivity index (χ0v) is 10.9. The fraction of sp³-hybridized carbons (Fsp3) is 0.250. The first-order valence-electron chi connectivity index (χ1n) is 4.95. The maximum absolute atomic E-state index is 5.78. The lowest BCUT2D eigenvalue weighted by Crippen LogP contribution is -2.04. The molecular formula is C12H15ClN2S. The van der Waals surface area contributed by atoms with E-state index in [9.17, 15) is 0 Å². The van der Waals surface area contributed by atoms with E-state index in [1.54, 1.807) is 11.3 Å². The molecule has 86 valence electrons. The molecule has 4 heteroatoms. The highest BCUT2D eigenvalue weighted by molar-refractivity contribution is 7.13. The van der Waals surface area contributed by atoms with Crippen LogP contribution in [0.15, 0.2) is 29.6 Å². The molecule has 0 saturated heterocycles. The van der Waals surface area contributed by atoms with E-state index in [4.69, 9.17) is 5.73 Å². The first-order valence-corrected chi connectivity index (χ1v) is 5.83. The number of aryl methyl sites for hydroxylation is 1. The summed E-state index contributed by atoms with van der Waals surface area (Å²) in [5.74, 6) is 0. The Labute approximate surface area is 106 Å². The maximum Gasteiger partial charge on any atom is 0.123 e. The summed E-state index contributed by atoms with van der Waals surface area (Å²) in [6, 6.07) is 8.38. The molecular weight excluding hydrogens is 240 g/mol. The maximum atomic E-state index is 5.78. The molecule has 1 aromatic carbocycles. The van der Waals surface area contributed by atoms with Crippen molar-refractivity contribution in [2.24, 2.45) is 5.73 Å². The average molecular weight is 255 g/mol. The molecule has 1 aromatic heterocycles. The minimum absolute atomic E-state index is 0. The molecule has 0 aliphatic rings. The smallest absolute Gasteiger partial charge is 0.123 e. The minimum Gasteiger partial charge on any atom is -0.323 e. The Bertz CT molecular complexity index is 466. The van der Waals surface area contributed by atoms with Gasteiger partial charge in [0.25, 0.3) is 0 Å². The third-order valence-corrected chi connectivity index (χ3v) is 3.16. The zero-order chi connectivity index (χ0) is 10.8. The van der Waals surface area contributed by atoms with E-state index in [2.05, 4.69) is 36.2 Å². The van der Waals surface area contributed by atoms with Gasteiger partial charge in [-0.2, -0.15) is 0 Å². The number of rotatable bonds is 2. The number of halogens is 1. The lowest BCUT2D eigenvalue weighted by atomic mass is 10.1. The van der Waals surface area contributed by atoms with Crippen molar-refractivity contribution in [1.82, 2.24) is 4.98 Å². The molecule has 0 fully saturated rings. The van der Waals surface area contributed by atoms with Crippen molar-refractivity contribution in [3.63, 3.8) is 0 Å². The van der Waals surface area contributed by atoms with Crippen LogP contribution in [-0.4, -0.2) is 4.98 Å². The number of nitrogens with two attached hydrogens (primary N) is 1. The third kappa shape index (κ3) is 2.82. The van der Waals surface area contributed by atoms with Crippen LogP contribution in [0.2, 0.25) is 0 Å². The molecule has 0 spiro atoms. The summed E-state index contributed by atoms with van der Waals surface area (Å²) in [4.78, 5) is 4.51. The van der Waals surface area contributed by atoms with Gasteiger partial charge in [-0.15, -0.1) is 23.7 Å². The lowest BCUT2D eigenvalue weighted by Gasteiger charge is -1.99. The lowest BCUT2D eigenvalue weighted by molar-refractivity contribution is 0.790. The van der Waals surface area contributed by atoms with Crippen molar-refractivity contribution in [2.45, 2.75) is 19.9 Å². The van der Waals surface area contributed by atoms with E-state index in [0.29, 0.717) is 0 Å². The molecule has 0 aliphatic carbocycles. The zero-order valence-electron chi connectivity index (χ0n) is 9.31. The van der Waals surface area contributed by atoms with Crippen molar-refractivity contribution in [3.8, 4) is 10.6 Å². The summed E-state index contributed by atoms with van der Waals surface area (Å²) < 4.78 is 0. The molecule has 0 radical (unpaired) electrons. The van der Waals surface area contributed by atoms with Crippen LogP contribution in [0.25, 0.3) is 10.6 Å². The molecule has 2 rings (SSSR count). The van der Waals surface area contributed by atoms with Crippen molar-refractivity contribution in [3.05, 3.63) is 40.9 Å². The fourth-order valence-electron chi connectivity index (χ4n) is 1.41.